The molecule has 0 spiro atoms. The van der Waals surface area contributed by atoms with Crippen LogP contribution in [0, 0.1) is 6.92 Å². The van der Waals surface area contributed by atoms with Gasteiger partial charge in [-0.2, -0.15) is 5.10 Å². The maximum atomic E-state index is 11.9. The van der Waals surface area contributed by atoms with Crippen molar-refractivity contribution >= 4 is 11.9 Å². The van der Waals surface area contributed by atoms with Gasteiger partial charge in [0.05, 0.1) is 5.69 Å². The van der Waals surface area contributed by atoms with Crippen LogP contribution in [0.25, 0.3) is 0 Å². The fourth-order valence-electron chi connectivity index (χ4n) is 1.55. The van der Waals surface area contributed by atoms with Gasteiger partial charge in [0.2, 0.25) is 0 Å². The Balaban J connectivity index is 2.78. The van der Waals surface area contributed by atoms with Crippen LogP contribution < -0.4 is 5.32 Å². The van der Waals surface area contributed by atoms with Crippen molar-refractivity contribution in [3.05, 3.63) is 29.6 Å². The fraction of sp³-hybridized carbons (Fsp3) is 0.417. The minimum atomic E-state index is -1.06. The first-order chi connectivity index (χ1) is 8.45. The van der Waals surface area contributed by atoms with Crippen molar-refractivity contribution in [3.8, 4) is 0 Å². The predicted octanol–water partition coefficient (Wildman–Crippen LogP) is 0.878. The van der Waals surface area contributed by atoms with Crippen LogP contribution in [0.4, 0.5) is 0 Å². The zero-order valence-corrected chi connectivity index (χ0v) is 10.7. The zero-order chi connectivity index (χ0) is 13.7. The molecule has 0 saturated heterocycles. The highest BCUT2D eigenvalue weighted by Crippen LogP contribution is 2.03. The average Bonchev–Trinajstić information content (AvgIpc) is 2.63. The highest BCUT2D eigenvalue weighted by molar-refractivity contribution is 5.95. The lowest BCUT2D eigenvalue weighted by atomic mass is 10.2. The summed E-state index contributed by atoms with van der Waals surface area (Å²) in [4.78, 5) is 22.9. The van der Waals surface area contributed by atoms with Crippen LogP contribution in [-0.4, -0.2) is 32.8 Å². The number of carboxylic acids is 1. The number of aryl methyl sites for hydroxylation is 2. The van der Waals surface area contributed by atoms with Crippen LogP contribution in [0.2, 0.25) is 0 Å². The minimum absolute atomic E-state index is 0.258. The quantitative estimate of drug-likeness (QED) is 0.761. The van der Waals surface area contributed by atoms with Gasteiger partial charge in [0.25, 0.3) is 5.91 Å². The Hall–Kier alpha value is -2.11. The van der Waals surface area contributed by atoms with Gasteiger partial charge in [0.15, 0.2) is 0 Å². The summed E-state index contributed by atoms with van der Waals surface area (Å²) < 4.78 is 1.43. The molecule has 0 saturated carbocycles. The smallest absolute Gasteiger partial charge is 0.326 e. The van der Waals surface area contributed by atoms with E-state index >= 15 is 0 Å². The Morgan fingerprint density at radius 1 is 1.61 bits per heavy atom. The molecular weight excluding hydrogens is 234 g/mol. The lowest BCUT2D eigenvalue weighted by Crippen LogP contribution is -2.41. The van der Waals surface area contributed by atoms with Gasteiger partial charge >= 0.3 is 5.97 Å². The number of carbonyl (C=O) groups is 2. The maximum Gasteiger partial charge on any atom is 0.326 e. The van der Waals surface area contributed by atoms with Gasteiger partial charge in [-0.3, -0.25) is 9.48 Å². The van der Waals surface area contributed by atoms with Crippen LogP contribution >= 0.6 is 0 Å². The first-order valence-electron chi connectivity index (χ1n) is 5.61. The number of hydrogen-bond acceptors (Lipinski definition) is 3. The monoisotopic (exact) mass is 251 g/mol. The molecule has 0 fully saturated rings. The van der Waals surface area contributed by atoms with E-state index in [0.29, 0.717) is 11.4 Å². The summed E-state index contributed by atoms with van der Waals surface area (Å²) >= 11 is 0. The second kappa shape index (κ2) is 6.00. The molecule has 18 heavy (non-hydrogen) atoms. The number of nitrogens with one attached hydrogen (secondary N) is 1. The largest absolute Gasteiger partial charge is 0.480 e. The van der Waals surface area contributed by atoms with Crippen molar-refractivity contribution in [2.24, 2.45) is 7.05 Å². The van der Waals surface area contributed by atoms with Crippen molar-refractivity contribution in [2.75, 3.05) is 0 Å². The molecule has 0 aliphatic carbocycles. The normalized spacial score (nSPS) is 12.6. The average molecular weight is 251 g/mol. The molecule has 1 heterocycles. The molecule has 1 aromatic heterocycles. The number of nitrogens with zero attached hydrogens (tertiary/aromatic N) is 2. The molecule has 0 bridgehead atoms. The number of aromatic nitrogens is 2. The Kier molecular flexibility index (Phi) is 4.65. The van der Waals surface area contributed by atoms with E-state index in [2.05, 4.69) is 10.4 Å². The van der Waals surface area contributed by atoms with Crippen LogP contribution in [0.3, 0.4) is 0 Å². The van der Waals surface area contributed by atoms with Gasteiger partial charge in [-0.25, -0.2) is 4.79 Å². The number of carboxylic acid groups (broad SMARTS) is 1. The number of amides is 1. The molecule has 1 amide bonds. The van der Waals surface area contributed by atoms with Crippen LogP contribution in [0.5, 0.6) is 0 Å². The minimum Gasteiger partial charge on any atom is -0.480 e. The Bertz CT molecular complexity index is 477. The van der Waals surface area contributed by atoms with Crippen molar-refractivity contribution in [1.29, 1.82) is 0 Å². The molecule has 1 aromatic rings. The number of rotatable bonds is 5. The molecule has 0 aliphatic heterocycles. The lowest BCUT2D eigenvalue weighted by molar-refractivity contribution is -0.139. The van der Waals surface area contributed by atoms with Gasteiger partial charge < -0.3 is 10.4 Å². The Labute approximate surface area is 105 Å². The third kappa shape index (κ3) is 3.44. The van der Waals surface area contributed by atoms with E-state index in [1.807, 2.05) is 0 Å². The van der Waals surface area contributed by atoms with E-state index in [4.69, 9.17) is 5.11 Å². The number of hydrogen-bond donors (Lipinski definition) is 2. The van der Waals surface area contributed by atoms with Gasteiger partial charge in [-0.1, -0.05) is 12.2 Å². The summed E-state index contributed by atoms with van der Waals surface area (Å²) in [6, 6.07) is 0.688. The summed E-state index contributed by atoms with van der Waals surface area (Å²) in [5.41, 5.74) is 1.06. The van der Waals surface area contributed by atoms with Crippen molar-refractivity contribution in [3.63, 3.8) is 0 Å². The number of carbonyl (C=O) groups excluding carboxylic acids is 1. The first-order valence-corrected chi connectivity index (χ1v) is 5.61. The predicted molar refractivity (Wildman–Crippen MR) is 66.3 cm³/mol. The lowest BCUT2D eigenvalue weighted by Gasteiger charge is -2.12. The van der Waals surface area contributed by atoms with Gasteiger partial charge in [-0.05, 0) is 26.3 Å². The van der Waals surface area contributed by atoms with E-state index in [-0.39, 0.29) is 6.42 Å². The van der Waals surface area contributed by atoms with Crippen molar-refractivity contribution in [2.45, 2.75) is 26.3 Å². The molecule has 1 unspecified atom stereocenters. The highest BCUT2D eigenvalue weighted by Gasteiger charge is 2.21. The van der Waals surface area contributed by atoms with Crippen LogP contribution in [0.1, 0.15) is 29.5 Å². The van der Waals surface area contributed by atoms with E-state index in [9.17, 15) is 9.59 Å². The van der Waals surface area contributed by atoms with E-state index in [1.54, 1.807) is 39.1 Å². The molecule has 98 valence electrons. The molecule has 0 aromatic carbocycles. The van der Waals surface area contributed by atoms with E-state index in [0.717, 1.165) is 0 Å². The van der Waals surface area contributed by atoms with Gasteiger partial charge in [0.1, 0.15) is 11.7 Å². The third-order valence-corrected chi connectivity index (χ3v) is 2.45. The molecule has 2 N–H and O–H groups in total. The fourth-order valence-corrected chi connectivity index (χ4v) is 1.55. The zero-order valence-electron chi connectivity index (χ0n) is 10.7. The Morgan fingerprint density at radius 2 is 2.28 bits per heavy atom. The van der Waals surface area contributed by atoms with E-state index in [1.165, 1.54) is 4.68 Å². The molecule has 1 rings (SSSR count). The molecule has 0 radical (unpaired) electrons. The van der Waals surface area contributed by atoms with Crippen molar-refractivity contribution in [1.82, 2.24) is 15.1 Å². The molecule has 1 atom stereocenters. The topological polar surface area (TPSA) is 84.2 Å². The SMILES string of the molecule is C/C=C/CC(NC(=O)c1cc(C)nn1C)C(=O)O. The second-order valence-corrected chi connectivity index (χ2v) is 3.96. The first kappa shape index (κ1) is 14.0. The third-order valence-electron chi connectivity index (χ3n) is 2.45. The summed E-state index contributed by atoms with van der Waals surface area (Å²) in [5.74, 6) is -1.49. The Morgan fingerprint density at radius 3 is 2.72 bits per heavy atom. The molecular formula is C12H17N3O3. The summed E-state index contributed by atoms with van der Waals surface area (Å²) in [6.45, 7) is 3.57. The highest BCUT2D eigenvalue weighted by atomic mass is 16.4. The van der Waals surface area contributed by atoms with Gasteiger partial charge in [0, 0.05) is 7.05 Å². The van der Waals surface area contributed by atoms with Crippen LogP contribution in [-0.2, 0) is 11.8 Å². The summed E-state index contributed by atoms with van der Waals surface area (Å²) in [7, 11) is 1.64. The summed E-state index contributed by atoms with van der Waals surface area (Å²) in [6.07, 6.45) is 3.71. The maximum absolute atomic E-state index is 11.9. The number of aliphatic carboxylic acids is 1. The number of allylic oxidation sites excluding steroid dienone is 1. The molecule has 6 nitrogen and oxygen atoms in total. The molecule has 6 heteroatoms. The standard InChI is InChI=1S/C12H17N3O3/c1-4-5-6-9(12(17)18)13-11(16)10-7-8(2)14-15(10)3/h4-5,7,9H,6H2,1-3H3,(H,13,16)(H,17,18)/b5-4+. The second-order valence-electron chi connectivity index (χ2n) is 3.96. The summed E-state index contributed by atoms with van der Waals surface area (Å²) in [5, 5.41) is 15.5. The van der Waals surface area contributed by atoms with Crippen molar-refractivity contribution < 1.29 is 14.7 Å². The van der Waals surface area contributed by atoms with E-state index < -0.39 is 17.9 Å². The van der Waals surface area contributed by atoms with Crippen LogP contribution in [0.15, 0.2) is 18.2 Å². The molecule has 0 aliphatic rings. The van der Waals surface area contributed by atoms with Gasteiger partial charge in [-0.15, -0.1) is 0 Å².